The highest BCUT2D eigenvalue weighted by atomic mass is 19.1. The zero-order valence-electron chi connectivity index (χ0n) is 20.4. The first kappa shape index (κ1) is 24.0. The average Bonchev–Trinajstić information content (AvgIpc) is 3.74. The molecule has 36 heavy (non-hydrogen) atoms. The molecule has 0 radical (unpaired) electrons. The quantitative estimate of drug-likeness (QED) is 0.343. The van der Waals surface area contributed by atoms with Crippen LogP contribution in [0.2, 0.25) is 0 Å². The number of nitrogens with zero attached hydrogens (tertiary/aromatic N) is 5. The predicted molar refractivity (Wildman–Crippen MR) is 139 cm³/mol. The second-order valence-corrected chi connectivity index (χ2v) is 9.27. The van der Waals surface area contributed by atoms with Crippen LogP contribution in [0.1, 0.15) is 53.9 Å². The molecule has 0 bridgehead atoms. The second-order valence-electron chi connectivity index (χ2n) is 9.27. The number of ether oxygens (including phenoxy) is 1. The Balaban J connectivity index is 1.43. The molecule has 1 aliphatic carbocycles. The molecule has 1 aliphatic heterocycles. The number of aryl methyl sites for hydroxylation is 1. The van der Waals surface area contributed by atoms with E-state index in [4.69, 9.17) is 9.73 Å². The lowest BCUT2D eigenvalue weighted by Gasteiger charge is -2.26. The van der Waals surface area contributed by atoms with E-state index in [0.29, 0.717) is 18.3 Å². The van der Waals surface area contributed by atoms with Gasteiger partial charge in [0.2, 0.25) is 0 Å². The lowest BCUT2D eigenvalue weighted by atomic mass is 10.0. The monoisotopic (exact) mass is 487 g/mol. The zero-order valence-corrected chi connectivity index (χ0v) is 20.4. The molecule has 2 fully saturated rings. The third-order valence-electron chi connectivity index (χ3n) is 6.41. The maximum Gasteiger partial charge on any atom is 0.167 e. The number of halogens is 1. The maximum absolute atomic E-state index is 14.3. The Morgan fingerprint density at radius 2 is 1.97 bits per heavy atom. The van der Waals surface area contributed by atoms with Crippen LogP contribution in [0.5, 0.6) is 0 Å². The Bertz CT molecular complexity index is 1270. The fourth-order valence-electron chi connectivity index (χ4n) is 4.34. The van der Waals surface area contributed by atoms with Crippen molar-refractivity contribution in [2.45, 2.75) is 51.1 Å². The fraction of sp³-hybridized carbons (Fsp3) is 0.370. The van der Waals surface area contributed by atoms with Gasteiger partial charge >= 0.3 is 0 Å². The highest BCUT2D eigenvalue weighted by molar-refractivity contribution is 6.04. The van der Waals surface area contributed by atoms with Crippen molar-refractivity contribution < 1.29 is 9.13 Å². The van der Waals surface area contributed by atoms with E-state index in [-0.39, 0.29) is 11.9 Å². The number of hydrogen-bond acceptors (Lipinski definition) is 7. The molecular weight excluding hydrogens is 457 g/mol. The van der Waals surface area contributed by atoms with E-state index in [0.717, 1.165) is 72.7 Å². The number of aromatic nitrogens is 3. The van der Waals surface area contributed by atoms with Gasteiger partial charge in [0, 0.05) is 43.4 Å². The van der Waals surface area contributed by atoms with Crippen molar-refractivity contribution in [3.8, 4) is 0 Å². The highest BCUT2D eigenvalue weighted by Gasteiger charge is 2.30. The van der Waals surface area contributed by atoms with Crippen molar-refractivity contribution in [1.82, 2.24) is 20.3 Å². The van der Waals surface area contributed by atoms with Crippen molar-refractivity contribution >= 4 is 29.9 Å². The molecule has 4 heterocycles. The number of rotatable bonds is 8. The van der Waals surface area contributed by atoms with Gasteiger partial charge in [-0.15, -0.1) is 0 Å². The van der Waals surface area contributed by atoms with Gasteiger partial charge in [-0.3, -0.25) is 15.0 Å². The third-order valence-corrected chi connectivity index (χ3v) is 6.41. The highest BCUT2D eigenvalue weighted by Crippen LogP contribution is 2.43. The summed E-state index contributed by atoms with van der Waals surface area (Å²) in [6.07, 6.45) is 11.1. The van der Waals surface area contributed by atoms with Crippen LogP contribution in [-0.4, -0.2) is 46.8 Å². The minimum atomic E-state index is -0.419. The van der Waals surface area contributed by atoms with Crippen LogP contribution in [0.25, 0.3) is 0 Å². The first-order valence-electron chi connectivity index (χ1n) is 12.3. The number of aliphatic imine (C=N–C) groups is 2. The lowest BCUT2D eigenvalue weighted by molar-refractivity contribution is 0.0824. The van der Waals surface area contributed by atoms with Crippen molar-refractivity contribution in [2.24, 2.45) is 9.98 Å². The Morgan fingerprint density at radius 1 is 1.14 bits per heavy atom. The summed E-state index contributed by atoms with van der Waals surface area (Å²) in [5.74, 6) is 1.50. The molecule has 2 aliphatic rings. The van der Waals surface area contributed by atoms with Gasteiger partial charge in [-0.25, -0.2) is 14.4 Å². The summed E-state index contributed by atoms with van der Waals surface area (Å²) in [6, 6.07) is 5.47. The minimum Gasteiger partial charge on any atom is -0.381 e. The maximum atomic E-state index is 14.3. The van der Waals surface area contributed by atoms with Crippen LogP contribution in [0, 0.1) is 12.7 Å². The molecule has 5 rings (SSSR count). The molecule has 186 valence electrons. The fourth-order valence-corrected chi connectivity index (χ4v) is 4.34. The summed E-state index contributed by atoms with van der Waals surface area (Å²) < 4.78 is 19.8. The van der Waals surface area contributed by atoms with E-state index in [1.165, 1.54) is 6.07 Å². The van der Waals surface area contributed by atoms with Crippen LogP contribution < -0.4 is 10.6 Å². The number of pyridine rings is 3. The van der Waals surface area contributed by atoms with Crippen LogP contribution in [-0.2, 0) is 11.3 Å². The number of amidine groups is 1. The summed E-state index contributed by atoms with van der Waals surface area (Å²) >= 11 is 0. The van der Waals surface area contributed by atoms with Crippen LogP contribution in [0.4, 0.5) is 21.7 Å². The molecule has 1 saturated carbocycles. The first-order chi connectivity index (χ1) is 17.6. The Hall–Kier alpha value is -3.72. The Labute approximate surface area is 210 Å². The van der Waals surface area contributed by atoms with Gasteiger partial charge < -0.3 is 15.4 Å². The summed E-state index contributed by atoms with van der Waals surface area (Å²) in [5.41, 5.74) is 4.56. The van der Waals surface area contributed by atoms with Gasteiger partial charge in [0.1, 0.15) is 11.7 Å². The van der Waals surface area contributed by atoms with Gasteiger partial charge in [0.15, 0.2) is 11.6 Å². The van der Waals surface area contributed by atoms with E-state index in [2.05, 4.69) is 37.3 Å². The zero-order chi connectivity index (χ0) is 24.9. The Morgan fingerprint density at radius 3 is 2.72 bits per heavy atom. The van der Waals surface area contributed by atoms with E-state index in [1.54, 1.807) is 25.5 Å². The Kier molecular flexibility index (Phi) is 7.27. The summed E-state index contributed by atoms with van der Waals surface area (Å²) in [6.45, 7) is 7.45. The standard InChI is InChI=1S/C27H30FN7O/c1-17-11-22(28)26(32-13-17)35-24-12-18(5-8-31-24)14-33-27(34-20-6-9-36-10-7-20)25-21(19-3-4-19)15-30-16-23(25)29-2/h5,8,11-13,15-16,19-20H,2-4,6-7,9-10,14H2,1H3,(H,33,34)(H,31,32,35). The van der Waals surface area contributed by atoms with E-state index in [1.807, 2.05) is 18.3 Å². The SMILES string of the molecule is C=Nc1cncc(C2CC2)c1/C(=N\Cc1ccnc(Nc2ncc(C)cc2F)c1)NC1CCOCC1. The normalized spacial score (nSPS) is 16.6. The lowest BCUT2D eigenvalue weighted by Crippen LogP contribution is -2.40. The summed E-state index contributed by atoms with van der Waals surface area (Å²) in [4.78, 5) is 22.1. The predicted octanol–water partition coefficient (Wildman–Crippen LogP) is 4.99. The average molecular weight is 488 g/mol. The molecule has 0 atom stereocenters. The van der Waals surface area contributed by atoms with Gasteiger partial charge in [-0.05, 0) is 80.1 Å². The number of nitrogens with one attached hydrogen (secondary N) is 2. The molecule has 0 spiro atoms. The molecule has 9 heteroatoms. The number of anilines is 2. The molecule has 0 aromatic carbocycles. The van der Waals surface area contributed by atoms with Crippen molar-refractivity contribution in [3.05, 3.63) is 71.1 Å². The summed E-state index contributed by atoms with van der Waals surface area (Å²) in [7, 11) is 0. The van der Waals surface area contributed by atoms with Gasteiger partial charge in [0.25, 0.3) is 0 Å². The van der Waals surface area contributed by atoms with Gasteiger partial charge in [-0.2, -0.15) is 0 Å². The molecule has 1 saturated heterocycles. The molecule has 2 N–H and O–H groups in total. The topological polar surface area (TPSA) is 96.7 Å². The molecule has 3 aromatic rings. The molecule has 0 amide bonds. The summed E-state index contributed by atoms with van der Waals surface area (Å²) in [5, 5.41) is 6.64. The molecule has 3 aromatic heterocycles. The van der Waals surface area contributed by atoms with Crippen LogP contribution in [0.3, 0.4) is 0 Å². The smallest absolute Gasteiger partial charge is 0.167 e. The van der Waals surface area contributed by atoms with E-state index < -0.39 is 5.82 Å². The van der Waals surface area contributed by atoms with Crippen molar-refractivity contribution in [2.75, 3.05) is 18.5 Å². The minimum absolute atomic E-state index is 0.142. The van der Waals surface area contributed by atoms with Crippen LogP contribution >= 0.6 is 0 Å². The van der Waals surface area contributed by atoms with E-state index >= 15 is 0 Å². The first-order valence-corrected chi connectivity index (χ1v) is 12.3. The molecule has 8 nitrogen and oxygen atoms in total. The van der Waals surface area contributed by atoms with Gasteiger partial charge in [0.05, 0.1) is 18.4 Å². The van der Waals surface area contributed by atoms with Crippen molar-refractivity contribution in [3.63, 3.8) is 0 Å². The van der Waals surface area contributed by atoms with Crippen molar-refractivity contribution in [1.29, 1.82) is 0 Å². The third kappa shape index (κ3) is 5.73. The second kappa shape index (κ2) is 10.9. The number of hydrogen-bond donors (Lipinski definition) is 2. The molecular formula is C27H30FN7O. The molecule has 0 unspecified atom stereocenters. The van der Waals surface area contributed by atoms with E-state index in [9.17, 15) is 4.39 Å². The largest absolute Gasteiger partial charge is 0.381 e. The van der Waals surface area contributed by atoms with Crippen LogP contribution in [0.15, 0.2) is 53.0 Å². The van der Waals surface area contributed by atoms with Gasteiger partial charge in [-0.1, -0.05) is 0 Å².